The zero-order valence-corrected chi connectivity index (χ0v) is 20.0. The molecule has 0 fully saturated rings. The van der Waals surface area contributed by atoms with Crippen LogP contribution in [0.4, 0.5) is 5.82 Å². The molecule has 0 atom stereocenters. The van der Waals surface area contributed by atoms with Crippen LogP contribution in [-0.4, -0.2) is 39.6 Å². The highest BCUT2D eigenvalue weighted by molar-refractivity contribution is 5.94. The molecule has 0 radical (unpaired) electrons. The molecule has 6 nitrogen and oxygen atoms in total. The van der Waals surface area contributed by atoms with Crippen LogP contribution in [0, 0.1) is 6.92 Å². The second kappa shape index (κ2) is 11.1. The largest absolute Gasteiger partial charge is 0.333 e. The maximum atomic E-state index is 12.9. The van der Waals surface area contributed by atoms with E-state index >= 15 is 0 Å². The van der Waals surface area contributed by atoms with Crippen LogP contribution in [-0.2, 0) is 15.0 Å². The van der Waals surface area contributed by atoms with Gasteiger partial charge in [-0.3, -0.25) is 9.59 Å². The lowest BCUT2D eigenvalue weighted by Gasteiger charge is -2.22. The molecule has 0 bridgehead atoms. The van der Waals surface area contributed by atoms with Gasteiger partial charge in [-0.25, -0.2) is 4.68 Å². The molecular formula is C25H38N4O2. The molecule has 1 N–H and O–H groups in total. The molecule has 170 valence electrons. The Bertz CT molecular complexity index is 880. The molecule has 31 heavy (non-hydrogen) atoms. The first-order valence-electron chi connectivity index (χ1n) is 11.4. The third-order valence-electron chi connectivity index (χ3n) is 5.27. The van der Waals surface area contributed by atoms with E-state index in [9.17, 15) is 9.59 Å². The summed E-state index contributed by atoms with van der Waals surface area (Å²) in [6.45, 7) is 13.1. The van der Waals surface area contributed by atoms with Crippen LogP contribution in [0.1, 0.15) is 78.0 Å². The number of nitrogens with zero attached hydrogens (tertiary/aromatic N) is 3. The number of amides is 2. The van der Waals surface area contributed by atoms with Gasteiger partial charge in [0.05, 0.1) is 17.9 Å². The van der Waals surface area contributed by atoms with Gasteiger partial charge in [-0.2, -0.15) is 5.10 Å². The van der Waals surface area contributed by atoms with E-state index in [1.807, 2.05) is 44.2 Å². The molecule has 2 aromatic rings. The summed E-state index contributed by atoms with van der Waals surface area (Å²) in [5.41, 5.74) is 2.74. The minimum atomic E-state index is -0.198. The van der Waals surface area contributed by atoms with Gasteiger partial charge in [-0.1, -0.05) is 65.7 Å². The first-order valence-corrected chi connectivity index (χ1v) is 11.4. The van der Waals surface area contributed by atoms with Gasteiger partial charge in [0, 0.05) is 24.4 Å². The summed E-state index contributed by atoms with van der Waals surface area (Å²) in [5, 5.41) is 7.81. The van der Waals surface area contributed by atoms with Crippen molar-refractivity contribution < 1.29 is 9.59 Å². The lowest BCUT2D eigenvalue weighted by molar-refractivity contribution is -0.134. The smallest absolute Gasteiger partial charge is 0.245 e. The molecule has 0 saturated heterocycles. The Kier molecular flexibility index (Phi) is 8.84. The Labute approximate surface area is 187 Å². The zero-order chi connectivity index (χ0) is 23.0. The van der Waals surface area contributed by atoms with Crippen molar-refractivity contribution in [3.8, 4) is 5.69 Å². The van der Waals surface area contributed by atoms with Crippen LogP contribution < -0.4 is 5.32 Å². The highest BCUT2D eigenvalue weighted by Gasteiger charge is 2.23. The number of benzene rings is 1. The molecule has 0 aliphatic heterocycles. The van der Waals surface area contributed by atoms with E-state index in [1.165, 1.54) is 0 Å². The van der Waals surface area contributed by atoms with Crippen LogP contribution >= 0.6 is 0 Å². The van der Waals surface area contributed by atoms with E-state index in [-0.39, 0.29) is 23.8 Å². The number of hydrogen-bond acceptors (Lipinski definition) is 3. The number of aromatic nitrogens is 2. The van der Waals surface area contributed by atoms with Gasteiger partial charge in [-0.05, 0) is 31.4 Å². The average Bonchev–Trinajstić information content (AvgIpc) is 3.11. The number of carbonyl (C=O) groups is 2. The fraction of sp³-hybridized carbons (Fsp3) is 0.560. The van der Waals surface area contributed by atoms with Gasteiger partial charge in [-0.15, -0.1) is 0 Å². The second-order valence-corrected chi connectivity index (χ2v) is 9.18. The minimum absolute atomic E-state index is 0.0385. The van der Waals surface area contributed by atoms with Gasteiger partial charge in [0.2, 0.25) is 11.8 Å². The SMILES string of the molecule is CCCCCN(CC(=O)Nc1cc(C(C)(C)C)nn1-c1ccccc1C)C(=O)CCC. The van der Waals surface area contributed by atoms with Crippen molar-refractivity contribution in [3.05, 3.63) is 41.6 Å². The number of nitrogens with one attached hydrogen (secondary N) is 1. The lowest BCUT2D eigenvalue weighted by atomic mass is 9.92. The fourth-order valence-corrected chi connectivity index (χ4v) is 3.39. The Morgan fingerprint density at radius 1 is 1.10 bits per heavy atom. The standard InChI is InChI=1S/C25H38N4O2/c1-7-9-12-16-28(24(31)13-8-2)18-23(30)26-22-17-21(25(4,5)6)27-29(22)20-15-11-10-14-19(20)3/h10-11,14-15,17H,7-9,12-13,16,18H2,1-6H3,(H,26,30). The third kappa shape index (κ3) is 6.94. The summed E-state index contributed by atoms with van der Waals surface area (Å²) in [7, 11) is 0. The molecule has 2 rings (SSSR count). The lowest BCUT2D eigenvalue weighted by Crippen LogP contribution is -2.38. The molecule has 0 spiro atoms. The van der Waals surface area contributed by atoms with Crippen LogP contribution in [0.5, 0.6) is 0 Å². The zero-order valence-electron chi connectivity index (χ0n) is 20.0. The predicted octanol–water partition coefficient (Wildman–Crippen LogP) is 5.24. The van der Waals surface area contributed by atoms with Crippen molar-refractivity contribution >= 4 is 17.6 Å². The molecule has 1 aromatic heterocycles. The van der Waals surface area contributed by atoms with Crippen molar-refractivity contribution in [1.29, 1.82) is 0 Å². The van der Waals surface area contributed by atoms with Crippen molar-refractivity contribution in [3.63, 3.8) is 0 Å². The van der Waals surface area contributed by atoms with Crippen LogP contribution in [0.2, 0.25) is 0 Å². The van der Waals surface area contributed by atoms with Crippen molar-refractivity contribution in [2.45, 2.75) is 79.1 Å². The van der Waals surface area contributed by atoms with Crippen molar-refractivity contribution in [1.82, 2.24) is 14.7 Å². The first-order chi connectivity index (χ1) is 14.7. The van der Waals surface area contributed by atoms with E-state index in [0.717, 1.165) is 42.6 Å². The Balaban J connectivity index is 2.26. The van der Waals surface area contributed by atoms with E-state index in [2.05, 4.69) is 33.0 Å². The number of para-hydroxylation sites is 1. The summed E-state index contributed by atoms with van der Waals surface area (Å²) in [5.74, 6) is 0.466. The summed E-state index contributed by atoms with van der Waals surface area (Å²) in [6, 6.07) is 9.90. The molecular weight excluding hydrogens is 388 g/mol. The average molecular weight is 427 g/mol. The van der Waals surface area contributed by atoms with Gasteiger partial charge in [0.15, 0.2) is 0 Å². The number of hydrogen-bond donors (Lipinski definition) is 1. The molecule has 0 aliphatic carbocycles. The summed E-state index contributed by atoms with van der Waals surface area (Å²) >= 11 is 0. The Hall–Kier alpha value is -2.63. The monoisotopic (exact) mass is 426 g/mol. The predicted molar refractivity (Wildman–Crippen MR) is 127 cm³/mol. The summed E-state index contributed by atoms with van der Waals surface area (Å²) < 4.78 is 1.79. The number of carbonyl (C=O) groups excluding carboxylic acids is 2. The second-order valence-electron chi connectivity index (χ2n) is 9.18. The Morgan fingerprint density at radius 3 is 2.42 bits per heavy atom. The van der Waals surface area contributed by atoms with Gasteiger partial charge >= 0.3 is 0 Å². The highest BCUT2D eigenvalue weighted by atomic mass is 16.2. The molecule has 0 aliphatic rings. The van der Waals surface area contributed by atoms with E-state index in [1.54, 1.807) is 9.58 Å². The molecule has 1 aromatic carbocycles. The van der Waals surface area contributed by atoms with Crippen molar-refractivity contribution in [2.24, 2.45) is 0 Å². The van der Waals surface area contributed by atoms with Crippen LogP contribution in [0.25, 0.3) is 5.69 Å². The minimum Gasteiger partial charge on any atom is -0.333 e. The number of aryl methyl sites for hydroxylation is 1. The fourth-order valence-electron chi connectivity index (χ4n) is 3.39. The summed E-state index contributed by atoms with van der Waals surface area (Å²) in [6.07, 6.45) is 4.28. The topological polar surface area (TPSA) is 67.2 Å². The number of unbranched alkanes of at least 4 members (excludes halogenated alkanes) is 2. The first kappa shape index (κ1) is 24.6. The molecule has 1 heterocycles. The third-order valence-corrected chi connectivity index (χ3v) is 5.27. The van der Waals surface area contributed by atoms with Crippen LogP contribution in [0.15, 0.2) is 30.3 Å². The van der Waals surface area contributed by atoms with E-state index in [0.29, 0.717) is 18.8 Å². The molecule has 2 amide bonds. The van der Waals surface area contributed by atoms with Crippen LogP contribution in [0.3, 0.4) is 0 Å². The maximum Gasteiger partial charge on any atom is 0.245 e. The van der Waals surface area contributed by atoms with Gasteiger partial charge in [0.1, 0.15) is 5.82 Å². The molecule has 0 saturated carbocycles. The maximum absolute atomic E-state index is 12.9. The normalized spacial score (nSPS) is 11.4. The number of anilines is 1. The quantitative estimate of drug-likeness (QED) is 0.529. The Morgan fingerprint density at radius 2 is 1.81 bits per heavy atom. The summed E-state index contributed by atoms with van der Waals surface area (Å²) in [4.78, 5) is 27.2. The molecule has 0 unspecified atom stereocenters. The van der Waals surface area contributed by atoms with Gasteiger partial charge in [0.25, 0.3) is 0 Å². The van der Waals surface area contributed by atoms with Crippen molar-refractivity contribution in [2.75, 3.05) is 18.4 Å². The molecule has 6 heteroatoms. The van der Waals surface area contributed by atoms with E-state index < -0.39 is 0 Å². The van der Waals surface area contributed by atoms with Gasteiger partial charge < -0.3 is 10.2 Å². The number of rotatable bonds is 10. The van der Waals surface area contributed by atoms with E-state index in [4.69, 9.17) is 5.10 Å². The highest BCUT2D eigenvalue weighted by Crippen LogP contribution is 2.27.